The first-order valence-corrected chi connectivity index (χ1v) is 24.9. The van der Waals surface area contributed by atoms with E-state index in [0.717, 1.165) is 52.9 Å². The maximum Gasteiger partial charge on any atom is 0.344 e. The summed E-state index contributed by atoms with van der Waals surface area (Å²) >= 11 is 0. The monoisotopic (exact) mass is 1080 g/mol. The number of para-hydroxylation sites is 1. The quantitative estimate of drug-likeness (QED) is 0.0633. The summed E-state index contributed by atoms with van der Waals surface area (Å²) in [5, 5.41) is 79.4. The van der Waals surface area contributed by atoms with E-state index in [9.17, 15) is 33.9 Å². The molecule has 0 radical (unpaired) electrons. The normalized spacial score (nSPS) is 29.9. The zero-order valence-electron chi connectivity index (χ0n) is 43.5. The van der Waals surface area contributed by atoms with Crippen LogP contribution in [0.1, 0.15) is 68.8 Å². The molecule has 24 heteroatoms. The smallest absolute Gasteiger partial charge is 0.344 e. The topological polar surface area (TPSA) is 364 Å². The molecule has 1 unspecified atom stereocenters. The molecule has 77 heavy (non-hydrogen) atoms. The van der Waals surface area contributed by atoms with Gasteiger partial charge < -0.3 is 74.8 Å². The molecule has 1 saturated carbocycles. The van der Waals surface area contributed by atoms with E-state index in [1.165, 1.54) is 26.7 Å². The van der Waals surface area contributed by atoms with Crippen LogP contribution in [0.4, 0.5) is 5.69 Å². The standard InChI is InChI=1S/C45H54N4O8.2C4H6O6/c1-8-27-19-28-22-44(40(51)55-6,36-30(25-48(23-27)24-28)29-13-10-11-14-33(29)46-36)32-20-31-34(21-35(32)54-5)47(4)38-43(31)16-18-49-17-12-15-42(9-2,37(43)49)39(57-26(3)50)45(38,53)41(52)56-7;2*5-1(3(7)8)2(6)4(9)10/h10-15,19-21,28,37-39,46,53H,8-9,16-18,22-25H2,1-7H3;2*1-2,5-6H,(H,7,8)(H,9,10)/t28-,37-,38+,39+,42+,43+,44-,45-;2*1-,2-/m100/s1. The molecular weight excluding hydrogens is 1010 g/mol. The van der Waals surface area contributed by atoms with Crippen molar-refractivity contribution >= 4 is 58.4 Å². The molecule has 6 aliphatic rings. The lowest BCUT2D eigenvalue weighted by molar-refractivity contribution is -0.228. The van der Waals surface area contributed by atoms with Gasteiger partial charge >= 0.3 is 41.8 Å². The first-order chi connectivity index (χ1) is 36.3. The van der Waals surface area contributed by atoms with Crippen LogP contribution < -0.4 is 9.64 Å². The number of H-pyrrole nitrogens is 1. The summed E-state index contributed by atoms with van der Waals surface area (Å²) in [6.45, 7) is 9.19. The minimum atomic E-state index is -2.27. The van der Waals surface area contributed by atoms with Crippen molar-refractivity contribution in [3.05, 3.63) is 82.6 Å². The van der Waals surface area contributed by atoms with Crippen molar-refractivity contribution in [1.29, 1.82) is 0 Å². The Labute approximate surface area is 441 Å². The lowest BCUT2D eigenvalue weighted by Gasteiger charge is -2.63. The van der Waals surface area contributed by atoms with Crippen LogP contribution in [0, 0.1) is 11.3 Å². The fourth-order valence-corrected chi connectivity index (χ4v) is 13.4. The molecule has 6 heterocycles. The van der Waals surface area contributed by atoms with Gasteiger partial charge in [0.05, 0.1) is 27.4 Å². The third-order valence-electron chi connectivity index (χ3n) is 16.4. The number of anilines is 1. The number of methoxy groups -OCH3 is 3. The summed E-state index contributed by atoms with van der Waals surface area (Å²) in [6.07, 6.45) is -1.39. The third-order valence-corrected chi connectivity index (χ3v) is 16.4. The SMILES string of the molecule is CCC1=C[C@H]2CN(C1)Cc1c([nH]c3ccccc13)[C@](C(=O)OC)(c1cc3c(cc1OC)N(C)[C@@H]1[C@](O)(C(=O)OC)[C@@H](OC(C)=O)[C@@]4(CC)C=CCN5CC[C@@]31[C@H]54)C2.O=C(O)[C@@H](O)[C@H](O)C(=O)O.O=C(O)[C@@H](O)[C@H](O)C(=O)O. The van der Waals surface area contributed by atoms with Gasteiger partial charge in [-0.3, -0.25) is 19.4 Å². The van der Waals surface area contributed by atoms with Gasteiger partial charge in [-0.25, -0.2) is 24.0 Å². The highest BCUT2D eigenvalue weighted by Gasteiger charge is 2.80. The maximum atomic E-state index is 15.2. The Kier molecular flexibility index (Phi) is 16.4. The number of aromatic amines is 1. The summed E-state index contributed by atoms with van der Waals surface area (Å²) in [6, 6.07) is 11.2. The highest BCUT2D eigenvalue weighted by Crippen LogP contribution is 2.68. The molecule has 2 fully saturated rings. The number of likely N-dealkylation sites (N-methyl/N-ethyl adjacent to an activating group) is 1. The van der Waals surface area contributed by atoms with Gasteiger partial charge in [0, 0.05) is 90.9 Å². The first kappa shape index (κ1) is 57.8. The summed E-state index contributed by atoms with van der Waals surface area (Å²) in [4.78, 5) is 92.2. The number of carboxylic acids is 4. The number of benzene rings is 2. The van der Waals surface area contributed by atoms with E-state index < -0.39 is 94.2 Å². The Morgan fingerprint density at radius 2 is 1.40 bits per heavy atom. The molecule has 5 aliphatic heterocycles. The second-order valence-electron chi connectivity index (χ2n) is 20.3. The van der Waals surface area contributed by atoms with Crippen molar-refractivity contribution in [2.75, 3.05) is 59.5 Å². The Morgan fingerprint density at radius 3 is 1.94 bits per heavy atom. The number of hydrogen-bond donors (Lipinski definition) is 10. The molecule has 3 aromatic rings. The summed E-state index contributed by atoms with van der Waals surface area (Å²) in [7, 11) is 6.22. The summed E-state index contributed by atoms with van der Waals surface area (Å²) in [5.74, 6) is -8.39. The van der Waals surface area contributed by atoms with Crippen LogP contribution in [0.5, 0.6) is 5.75 Å². The van der Waals surface area contributed by atoms with Gasteiger partial charge in [-0.15, -0.1) is 0 Å². The summed E-state index contributed by atoms with van der Waals surface area (Å²) < 4.78 is 23.9. The molecule has 9 rings (SSSR count). The number of fused-ring (bicyclic) bond motifs is 6. The molecule has 1 saturated heterocycles. The van der Waals surface area contributed by atoms with Crippen molar-refractivity contribution in [3.8, 4) is 5.75 Å². The van der Waals surface area contributed by atoms with Gasteiger partial charge in [-0.1, -0.05) is 55.8 Å². The first-order valence-electron chi connectivity index (χ1n) is 24.9. The molecule has 1 spiro atoms. The molecule has 2 aromatic carbocycles. The minimum Gasteiger partial charge on any atom is -0.496 e. The molecule has 24 nitrogen and oxygen atoms in total. The van der Waals surface area contributed by atoms with Crippen molar-refractivity contribution in [3.63, 3.8) is 0 Å². The Bertz CT molecular complexity index is 2830. The third kappa shape index (κ3) is 9.27. The van der Waals surface area contributed by atoms with Crippen molar-refractivity contribution in [2.45, 2.75) is 112 Å². The van der Waals surface area contributed by atoms with Crippen molar-refractivity contribution in [1.82, 2.24) is 14.8 Å². The lowest BCUT2D eigenvalue weighted by Crippen LogP contribution is -2.81. The predicted molar refractivity (Wildman–Crippen MR) is 269 cm³/mol. The predicted octanol–water partition coefficient (Wildman–Crippen LogP) is 0.508. The second-order valence-corrected chi connectivity index (χ2v) is 20.3. The number of nitrogens with one attached hydrogen (secondary N) is 1. The highest BCUT2D eigenvalue weighted by molar-refractivity contribution is 5.95. The average Bonchev–Trinajstić information content (AvgIpc) is 4.06. The number of hydrogen-bond acceptors (Lipinski definition) is 19. The van der Waals surface area contributed by atoms with E-state index in [2.05, 4.69) is 58.1 Å². The molecule has 13 atom stereocenters. The van der Waals surface area contributed by atoms with Crippen LogP contribution >= 0.6 is 0 Å². The highest BCUT2D eigenvalue weighted by atomic mass is 16.6. The summed E-state index contributed by atoms with van der Waals surface area (Å²) in [5.41, 5.74) is 1.05. The van der Waals surface area contributed by atoms with Crippen molar-refractivity contribution in [2.24, 2.45) is 11.3 Å². The van der Waals surface area contributed by atoms with Gasteiger partial charge in [-0.05, 0) is 61.4 Å². The number of carbonyl (C=O) groups excluding carboxylic acids is 3. The van der Waals surface area contributed by atoms with Crippen LogP contribution in [-0.2, 0) is 65.1 Å². The fraction of sp³-hybridized carbons (Fsp3) is 0.528. The van der Waals surface area contributed by atoms with Crippen LogP contribution in [-0.4, -0.2) is 205 Å². The number of ether oxygens (including phenoxy) is 4. The molecular formula is C53H66N4O20. The number of aliphatic hydroxyl groups excluding tert-OH is 4. The largest absolute Gasteiger partial charge is 0.496 e. The fourth-order valence-electron chi connectivity index (χ4n) is 13.4. The van der Waals surface area contributed by atoms with E-state index >= 15 is 4.79 Å². The van der Waals surface area contributed by atoms with Gasteiger partial charge in [0.2, 0.25) is 5.60 Å². The Morgan fingerprint density at radius 1 is 0.805 bits per heavy atom. The molecule has 418 valence electrons. The number of esters is 3. The van der Waals surface area contributed by atoms with E-state index in [0.29, 0.717) is 50.2 Å². The zero-order valence-corrected chi connectivity index (χ0v) is 43.5. The van der Waals surface area contributed by atoms with Crippen LogP contribution in [0.15, 0.2) is 60.2 Å². The second kappa shape index (κ2) is 21.8. The number of aliphatic carboxylic acids is 4. The van der Waals surface area contributed by atoms with Gasteiger partial charge in [-0.2, -0.15) is 0 Å². The van der Waals surface area contributed by atoms with E-state index in [1.54, 1.807) is 7.11 Å². The van der Waals surface area contributed by atoms with Gasteiger partial charge in [0.1, 0.15) is 11.2 Å². The number of carbonyl (C=O) groups is 7. The Balaban J connectivity index is 0.000000365. The number of rotatable bonds is 13. The van der Waals surface area contributed by atoms with Gasteiger partial charge in [0.15, 0.2) is 30.5 Å². The van der Waals surface area contributed by atoms with Crippen molar-refractivity contribution < 1.29 is 98.5 Å². The molecule has 0 amide bonds. The minimum absolute atomic E-state index is 0.0284. The van der Waals surface area contributed by atoms with Crippen LogP contribution in [0.3, 0.4) is 0 Å². The van der Waals surface area contributed by atoms with Crippen LogP contribution in [0.25, 0.3) is 10.9 Å². The van der Waals surface area contributed by atoms with E-state index in [-0.39, 0.29) is 17.9 Å². The number of aliphatic hydroxyl groups is 5. The van der Waals surface area contributed by atoms with Gasteiger partial charge in [0.25, 0.3) is 0 Å². The zero-order chi connectivity index (χ0) is 56.9. The Hall–Kier alpha value is -6.93. The maximum absolute atomic E-state index is 15.2. The van der Waals surface area contributed by atoms with Crippen LogP contribution in [0.2, 0.25) is 0 Å². The molecule has 1 aliphatic carbocycles. The molecule has 1 aromatic heterocycles. The molecule has 2 bridgehead atoms. The number of carboxylic acid groups (broad SMARTS) is 4. The molecule has 10 N–H and O–H groups in total. The van der Waals surface area contributed by atoms with E-state index in [1.807, 2.05) is 37.1 Å². The average molecular weight is 1080 g/mol. The number of nitrogens with zero attached hydrogens (tertiary/aromatic N) is 3. The number of aromatic nitrogens is 1. The lowest BCUT2D eigenvalue weighted by atomic mass is 9.47. The van der Waals surface area contributed by atoms with E-state index in [4.69, 9.17) is 59.8 Å².